The van der Waals surface area contributed by atoms with Gasteiger partial charge < -0.3 is 14.6 Å². The van der Waals surface area contributed by atoms with E-state index in [0.717, 1.165) is 47.8 Å². The molecule has 1 N–H and O–H groups in total. The van der Waals surface area contributed by atoms with Gasteiger partial charge in [0.1, 0.15) is 5.75 Å². The summed E-state index contributed by atoms with van der Waals surface area (Å²) in [5.41, 5.74) is 5.39. The molecule has 1 aliphatic rings. The molecule has 0 bridgehead atoms. The number of allylic oxidation sites excluding steroid dienone is 1. The average Bonchev–Trinajstić information content (AvgIpc) is 2.96. The minimum Gasteiger partial charge on any atom is -0.495 e. The monoisotopic (exact) mass is 295 g/mol. The fourth-order valence-electron chi connectivity index (χ4n) is 2.69. The first-order chi connectivity index (χ1) is 10.7. The Morgan fingerprint density at radius 1 is 1.41 bits per heavy atom. The maximum Gasteiger partial charge on any atom is 0.143 e. The smallest absolute Gasteiger partial charge is 0.143 e. The third-order valence-electron chi connectivity index (χ3n) is 3.88. The molecule has 1 saturated heterocycles. The van der Waals surface area contributed by atoms with Crippen LogP contribution in [0.25, 0.3) is 11.8 Å². The predicted octanol–water partition coefficient (Wildman–Crippen LogP) is 3.47. The van der Waals surface area contributed by atoms with Crippen molar-refractivity contribution < 1.29 is 4.74 Å². The highest BCUT2D eigenvalue weighted by atomic mass is 16.5. The van der Waals surface area contributed by atoms with Gasteiger partial charge in [-0.25, -0.2) is 4.98 Å². The van der Waals surface area contributed by atoms with Gasteiger partial charge in [-0.05, 0) is 49.1 Å². The van der Waals surface area contributed by atoms with Crippen LogP contribution in [0.5, 0.6) is 5.75 Å². The van der Waals surface area contributed by atoms with E-state index in [4.69, 9.17) is 4.74 Å². The molecule has 2 aromatic rings. The molecule has 2 heterocycles. The van der Waals surface area contributed by atoms with Crippen LogP contribution in [0, 0.1) is 6.92 Å². The van der Waals surface area contributed by atoms with Crippen molar-refractivity contribution in [3.63, 3.8) is 0 Å². The Hall–Kier alpha value is -2.49. The number of methoxy groups -OCH3 is 1. The van der Waals surface area contributed by atoms with Crippen LogP contribution in [0.4, 0.5) is 0 Å². The van der Waals surface area contributed by atoms with Crippen molar-refractivity contribution in [3.8, 4) is 11.4 Å². The molecule has 3 rings (SSSR count). The second kappa shape index (κ2) is 6.10. The Balaban J connectivity index is 1.95. The summed E-state index contributed by atoms with van der Waals surface area (Å²) in [6.45, 7) is 7.07. The standard InChI is InChI=1S/C18H21N3O/c1-13-11-21(12-20-13)17-7-6-15(10-18(17)22-3)9-16-5-4-8-19-14(16)2/h6-7,9-12,19H,2,4-5,8H2,1,3H3/b16-9+. The lowest BCUT2D eigenvalue weighted by Gasteiger charge is -2.19. The molecule has 4 nitrogen and oxygen atoms in total. The van der Waals surface area contributed by atoms with E-state index in [0.29, 0.717) is 0 Å². The van der Waals surface area contributed by atoms with Crippen molar-refractivity contribution in [1.29, 1.82) is 0 Å². The third kappa shape index (κ3) is 2.91. The van der Waals surface area contributed by atoms with Gasteiger partial charge in [0.2, 0.25) is 0 Å². The highest BCUT2D eigenvalue weighted by Gasteiger charge is 2.10. The number of piperidine rings is 1. The summed E-state index contributed by atoms with van der Waals surface area (Å²) in [5.74, 6) is 0.834. The number of rotatable bonds is 3. The average molecular weight is 295 g/mol. The SMILES string of the molecule is C=C1NCCC/C1=C\c1ccc(-n2cnc(C)c2)c(OC)c1. The molecule has 0 aliphatic carbocycles. The molecule has 0 atom stereocenters. The van der Waals surface area contributed by atoms with Crippen LogP contribution in [-0.2, 0) is 0 Å². The number of aromatic nitrogens is 2. The molecule has 1 fully saturated rings. The molecular formula is C18H21N3O. The zero-order valence-corrected chi connectivity index (χ0v) is 13.1. The summed E-state index contributed by atoms with van der Waals surface area (Å²) < 4.78 is 7.53. The van der Waals surface area contributed by atoms with Gasteiger partial charge >= 0.3 is 0 Å². The fraction of sp³-hybridized carbons (Fsp3) is 0.278. The van der Waals surface area contributed by atoms with E-state index >= 15 is 0 Å². The number of ether oxygens (including phenoxy) is 1. The van der Waals surface area contributed by atoms with Crippen molar-refractivity contribution in [2.45, 2.75) is 19.8 Å². The second-order valence-corrected chi connectivity index (χ2v) is 5.53. The summed E-state index contributed by atoms with van der Waals surface area (Å²) in [6.07, 6.45) is 8.19. The topological polar surface area (TPSA) is 39.1 Å². The molecule has 0 spiro atoms. The number of benzene rings is 1. The van der Waals surface area contributed by atoms with Gasteiger partial charge in [0.25, 0.3) is 0 Å². The van der Waals surface area contributed by atoms with E-state index in [1.54, 1.807) is 13.4 Å². The molecule has 1 aromatic carbocycles. The zero-order chi connectivity index (χ0) is 15.5. The van der Waals surface area contributed by atoms with Crippen molar-refractivity contribution in [2.75, 3.05) is 13.7 Å². The lowest BCUT2D eigenvalue weighted by atomic mass is 10.0. The summed E-state index contributed by atoms with van der Waals surface area (Å²) >= 11 is 0. The number of aryl methyl sites for hydroxylation is 1. The van der Waals surface area contributed by atoms with E-state index < -0.39 is 0 Å². The number of imidazole rings is 1. The number of nitrogens with one attached hydrogen (secondary N) is 1. The van der Waals surface area contributed by atoms with Crippen molar-refractivity contribution in [1.82, 2.24) is 14.9 Å². The molecule has 1 aliphatic heterocycles. The van der Waals surface area contributed by atoms with Crippen LogP contribution in [0.15, 0.2) is 48.6 Å². The van der Waals surface area contributed by atoms with Gasteiger partial charge in [0, 0.05) is 18.4 Å². The first-order valence-corrected chi connectivity index (χ1v) is 7.50. The molecule has 4 heteroatoms. The quantitative estimate of drug-likeness (QED) is 0.942. The largest absolute Gasteiger partial charge is 0.495 e. The normalized spacial score (nSPS) is 16.6. The van der Waals surface area contributed by atoms with Gasteiger partial charge in [-0.3, -0.25) is 0 Å². The summed E-state index contributed by atoms with van der Waals surface area (Å²) in [6, 6.07) is 6.22. The first kappa shape index (κ1) is 14.4. The fourth-order valence-corrected chi connectivity index (χ4v) is 2.69. The maximum absolute atomic E-state index is 5.55. The zero-order valence-electron chi connectivity index (χ0n) is 13.1. The Labute approximate surface area is 131 Å². The van der Waals surface area contributed by atoms with Crippen molar-refractivity contribution >= 4 is 6.08 Å². The van der Waals surface area contributed by atoms with Crippen LogP contribution in [-0.4, -0.2) is 23.2 Å². The highest BCUT2D eigenvalue weighted by Crippen LogP contribution is 2.27. The van der Waals surface area contributed by atoms with Gasteiger partial charge in [0.15, 0.2) is 0 Å². The lowest BCUT2D eigenvalue weighted by molar-refractivity contribution is 0.413. The Morgan fingerprint density at radius 2 is 2.27 bits per heavy atom. The molecule has 114 valence electrons. The Morgan fingerprint density at radius 3 is 2.95 bits per heavy atom. The molecule has 22 heavy (non-hydrogen) atoms. The lowest BCUT2D eigenvalue weighted by Crippen LogP contribution is -2.20. The molecular weight excluding hydrogens is 274 g/mol. The van der Waals surface area contributed by atoms with E-state index in [9.17, 15) is 0 Å². The van der Waals surface area contributed by atoms with Crippen molar-refractivity contribution in [3.05, 3.63) is 59.8 Å². The van der Waals surface area contributed by atoms with Gasteiger partial charge in [-0.2, -0.15) is 0 Å². The third-order valence-corrected chi connectivity index (χ3v) is 3.88. The maximum atomic E-state index is 5.55. The van der Waals surface area contributed by atoms with Crippen molar-refractivity contribution in [2.24, 2.45) is 0 Å². The van der Waals surface area contributed by atoms with E-state index in [1.165, 1.54) is 5.57 Å². The minimum atomic E-state index is 0.834. The molecule has 1 aromatic heterocycles. The number of hydrogen-bond donors (Lipinski definition) is 1. The van der Waals surface area contributed by atoms with Crippen LogP contribution in [0.3, 0.4) is 0 Å². The second-order valence-electron chi connectivity index (χ2n) is 5.53. The van der Waals surface area contributed by atoms with Crippen LogP contribution in [0.2, 0.25) is 0 Å². The number of nitrogens with zero attached hydrogens (tertiary/aromatic N) is 2. The molecule has 0 saturated carbocycles. The van der Waals surface area contributed by atoms with Gasteiger partial charge in [-0.1, -0.05) is 12.6 Å². The first-order valence-electron chi connectivity index (χ1n) is 7.50. The van der Waals surface area contributed by atoms with E-state index in [1.807, 2.05) is 17.7 Å². The Kier molecular flexibility index (Phi) is 4.00. The van der Waals surface area contributed by atoms with Gasteiger partial charge in [0.05, 0.1) is 24.8 Å². The summed E-state index contributed by atoms with van der Waals surface area (Å²) in [4.78, 5) is 4.27. The molecule has 0 radical (unpaired) electrons. The number of hydrogen-bond acceptors (Lipinski definition) is 3. The highest BCUT2D eigenvalue weighted by molar-refractivity contribution is 5.63. The van der Waals surface area contributed by atoms with E-state index in [-0.39, 0.29) is 0 Å². The molecule has 0 unspecified atom stereocenters. The summed E-state index contributed by atoms with van der Waals surface area (Å²) in [5, 5.41) is 3.31. The summed E-state index contributed by atoms with van der Waals surface area (Å²) in [7, 11) is 1.70. The van der Waals surface area contributed by atoms with Crippen LogP contribution >= 0.6 is 0 Å². The minimum absolute atomic E-state index is 0.834. The van der Waals surface area contributed by atoms with Crippen LogP contribution in [0.1, 0.15) is 24.1 Å². The van der Waals surface area contributed by atoms with Gasteiger partial charge in [-0.15, -0.1) is 0 Å². The molecule has 0 amide bonds. The van der Waals surface area contributed by atoms with E-state index in [2.05, 4.69) is 41.2 Å². The van der Waals surface area contributed by atoms with Crippen LogP contribution < -0.4 is 10.1 Å². The Bertz CT molecular complexity index is 728. The predicted molar refractivity (Wildman–Crippen MR) is 89.2 cm³/mol.